The molecule has 1 heterocycles. The monoisotopic (exact) mass is 347 g/mol. The van der Waals surface area contributed by atoms with Gasteiger partial charge in [-0.3, -0.25) is 9.69 Å². The smallest absolute Gasteiger partial charge is 0.238 e. The van der Waals surface area contributed by atoms with Crippen LogP contribution in [-0.4, -0.2) is 43.0 Å². The fourth-order valence-corrected chi connectivity index (χ4v) is 2.65. The number of amides is 1. The molecule has 1 atom stereocenters. The van der Waals surface area contributed by atoms with E-state index in [1.54, 1.807) is 0 Å². The number of anilines is 1. The van der Waals surface area contributed by atoms with Gasteiger partial charge in [-0.2, -0.15) is 0 Å². The highest BCUT2D eigenvalue weighted by Gasteiger charge is 2.21. The molecule has 1 fully saturated rings. The lowest BCUT2D eigenvalue weighted by Crippen LogP contribution is -2.52. The minimum absolute atomic E-state index is 0.0285. The fourth-order valence-electron chi connectivity index (χ4n) is 2.14. The molecule has 1 amide bonds. The van der Waals surface area contributed by atoms with Gasteiger partial charge in [0.2, 0.25) is 5.91 Å². The van der Waals surface area contributed by atoms with E-state index in [9.17, 15) is 13.6 Å². The highest BCUT2D eigenvalue weighted by atomic mass is 79.9. The van der Waals surface area contributed by atoms with Crippen molar-refractivity contribution in [3.8, 4) is 0 Å². The van der Waals surface area contributed by atoms with Gasteiger partial charge in [-0.25, -0.2) is 8.78 Å². The molecule has 2 rings (SSSR count). The topological polar surface area (TPSA) is 44.4 Å². The normalized spacial score (nSPS) is 19.9. The van der Waals surface area contributed by atoms with Crippen LogP contribution in [0.5, 0.6) is 0 Å². The number of nitrogens with one attached hydrogen (secondary N) is 2. The number of hydrogen-bond donors (Lipinski definition) is 2. The number of hydrogen-bond acceptors (Lipinski definition) is 3. The van der Waals surface area contributed by atoms with Crippen molar-refractivity contribution in [3.63, 3.8) is 0 Å². The summed E-state index contributed by atoms with van der Waals surface area (Å²) in [5.74, 6) is -1.80. The minimum Gasteiger partial charge on any atom is -0.322 e. The molecular weight excluding hydrogens is 332 g/mol. The van der Waals surface area contributed by atoms with Crippen molar-refractivity contribution in [2.75, 3.05) is 31.5 Å². The van der Waals surface area contributed by atoms with E-state index in [4.69, 9.17) is 0 Å². The summed E-state index contributed by atoms with van der Waals surface area (Å²) in [5, 5.41) is 5.71. The van der Waals surface area contributed by atoms with Crippen molar-refractivity contribution in [3.05, 3.63) is 28.2 Å². The van der Waals surface area contributed by atoms with Gasteiger partial charge >= 0.3 is 0 Å². The van der Waals surface area contributed by atoms with E-state index in [1.807, 2.05) is 11.8 Å². The lowest BCUT2D eigenvalue weighted by molar-refractivity contribution is -0.118. The van der Waals surface area contributed by atoms with Crippen LogP contribution >= 0.6 is 15.9 Å². The van der Waals surface area contributed by atoms with Gasteiger partial charge in [0.25, 0.3) is 0 Å². The van der Waals surface area contributed by atoms with E-state index in [0.29, 0.717) is 0 Å². The van der Waals surface area contributed by atoms with Crippen LogP contribution in [0.1, 0.15) is 6.92 Å². The van der Waals surface area contributed by atoms with Crippen molar-refractivity contribution in [2.24, 2.45) is 0 Å². The molecule has 0 saturated carbocycles. The summed E-state index contributed by atoms with van der Waals surface area (Å²) < 4.78 is 26.8. The van der Waals surface area contributed by atoms with Crippen molar-refractivity contribution in [2.45, 2.75) is 13.0 Å². The van der Waals surface area contributed by atoms with Crippen molar-refractivity contribution in [1.29, 1.82) is 0 Å². The standard InChI is InChI=1S/C13H16BrF2N3O/c1-8-6-17-2-3-19(8)7-12(20)18-13-10(14)4-9(15)5-11(13)16/h4-5,8,17H,2-3,6-7H2,1H3,(H,18,20)/t8-/m0/s1. The molecular formula is C13H16BrF2N3O. The molecule has 110 valence electrons. The first-order chi connectivity index (χ1) is 9.47. The van der Waals surface area contributed by atoms with Gasteiger partial charge in [0.1, 0.15) is 5.82 Å². The Hall–Kier alpha value is -1.05. The molecule has 4 nitrogen and oxygen atoms in total. The van der Waals surface area contributed by atoms with E-state index < -0.39 is 11.6 Å². The van der Waals surface area contributed by atoms with E-state index in [2.05, 4.69) is 26.6 Å². The zero-order valence-corrected chi connectivity index (χ0v) is 12.6. The Bertz CT molecular complexity index is 489. The lowest BCUT2D eigenvalue weighted by Gasteiger charge is -2.33. The number of benzene rings is 1. The number of carbonyl (C=O) groups excluding carboxylic acids is 1. The van der Waals surface area contributed by atoms with Crippen molar-refractivity contribution in [1.82, 2.24) is 10.2 Å². The summed E-state index contributed by atoms with van der Waals surface area (Å²) in [6, 6.07) is 2.11. The summed E-state index contributed by atoms with van der Waals surface area (Å²) >= 11 is 3.05. The molecule has 7 heteroatoms. The highest BCUT2D eigenvalue weighted by molar-refractivity contribution is 9.10. The second kappa shape index (κ2) is 6.60. The van der Waals surface area contributed by atoms with Crippen LogP contribution < -0.4 is 10.6 Å². The second-order valence-corrected chi connectivity index (χ2v) is 5.67. The van der Waals surface area contributed by atoms with Gasteiger partial charge in [0.15, 0.2) is 5.82 Å². The Morgan fingerprint density at radius 3 is 2.95 bits per heavy atom. The summed E-state index contributed by atoms with van der Waals surface area (Å²) in [6.07, 6.45) is 0. The van der Waals surface area contributed by atoms with Crippen LogP contribution in [0.3, 0.4) is 0 Å². The predicted molar refractivity (Wildman–Crippen MR) is 76.6 cm³/mol. The van der Waals surface area contributed by atoms with Gasteiger partial charge in [-0.1, -0.05) is 0 Å². The molecule has 0 aromatic heterocycles. The fraction of sp³-hybridized carbons (Fsp3) is 0.462. The van der Waals surface area contributed by atoms with Gasteiger partial charge in [-0.05, 0) is 28.9 Å². The molecule has 1 saturated heterocycles. The largest absolute Gasteiger partial charge is 0.322 e. The number of piperazine rings is 1. The zero-order chi connectivity index (χ0) is 14.7. The summed E-state index contributed by atoms with van der Waals surface area (Å²) in [7, 11) is 0. The van der Waals surface area contributed by atoms with Crippen LogP contribution in [-0.2, 0) is 4.79 Å². The molecule has 0 aliphatic carbocycles. The summed E-state index contributed by atoms with van der Waals surface area (Å²) in [4.78, 5) is 14.0. The number of carbonyl (C=O) groups is 1. The quantitative estimate of drug-likeness (QED) is 0.878. The Morgan fingerprint density at radius 2 is 2.30 bits per heavy atom. The molecule has 0 unspecified atom stereocenters. The van der Waals surface area contributed by atoms with Crippen LogP contribution in [0, 0.1) is 11.6 Å². The third-order valence-electron chi connectivity index (χ3n) is 3.26. The Kier molecular flexibility index (Phi) is 5.06. The van der Waals surface area contributed by atoms with Gasteiger partial charge in [0.05, 0.1) is 12.2 Å². The van der Waals surface area contributed by atoms with E-state index in [0.717, 1.165) is 31.8 Å². The molecule has 1 aliphatic heterocycles. The summed E-state index contributed by atoms with van der Waals surface area (Å²) in [6.45, 7) is 4.62. The number of halogens is 3. The number of nitrogens with zero attached hydrogens (tertiary/aromatic N) is 1. The third-order valence-corrected chi connectivity index (χ3v) is 3.88. The second-order valence-electron chi connectivity index (χ2n) is 4.82. The number of rotatable bonds is 3. The first kappa shape index (κ1) is 15.3. The van der Waals surface area contributed by atoms with Gasteiger partial charge in [-0.15, -0.1) is 0 Å². The first-order valence-electron chi connectivity index (χ1n) is 6.36. The average Bonchev–Trinajstić information content (AvgIpc) is 2.36. The highest BCUT2D eigenvalue weighted by Crippen LogP contribution is 2.26. The van der Waals surface area contributed by atoms with E-state index >= 15 is 0 Å². The lowest BCUT2D eigenvalue weighted by atomic mass is 10.2. The van der Waals surface area contributed by atoms with Crippen LogP contribution in [0.25, 0.3) is 0 Å². The molecule has 20 heavy (non-hydrogen) atoms. The molecule has 1 aromatic rings. The maximum absolute atomic E-state index is 13.6. The van der Waals surface area contributed by atoms with Crippen LogP contribution in [0.4, 0.5) is 14.5 Å². The Morgan fingerprint density at radius 1 is 1.55 bits per heavy atom. The van der Waals surface area contributed by atoms with Gasteiger partial charge in [0, 0.05) is 36.2 Å². The molecule has 1 aliphatic rings. The molecule has 2 N–H and O–H groups in total. The maximum Gasteiger partial charge on any atom is 0.238 e. The molecule has 0 radical (unpaired) electrons. The molecule has 0 bridgehead atoms. The maximum atomic E-state index is 13.6. The van der Waals surface area contributed by atoms with Crippen molar-refractivity contribution < 1.29 is 13.6 Å². The first-order valence-corrected chi connectivity index (χ1v) is 7.16. The van der Waals surface area contributed by atoms with Gasteiger partial charge < -0.3 is 10.6 Å². The molecule has 0 spiro atoms. The average molecular weight is 348 g/mol. The Balaban J connectivity index is 2.01. The zero-order valence-electron chi connectivity index (χ0n) is 11.0. The predicted octanol–water partition coefficient (Wildman–Crippen LogP) is 1.96. The Labute approximate surface area is 124 Å². The van der Waals surface area contributed by atoms with Crippen molar-refractivity contribution >= 4 is 27.5 Å². The van der Waals surface area contributed by atoms with Crippen LogP contribution in [0.15, 0.2) is 16.6 Å². The minimum atomic E-state index is -0.793. The van der Waals surface area contributed by atoms with Crippen LogP contribution in [0.2, 0.25) is 0 Å². The SMILES string of the molecule is C[C@H]1CNCCN1CC(=O)Nc1c(F)cc(F)cc1Br. The van der Waals surface area contributed by atoms with E-state index in [1.165, 1.54) is 0 Å². The molecule has 1 aromatic carbocycles. The third kappa shape index (κ3) is 3.74. The summed E-state index contributed by atoms with van der Waals surface area (Å²) in [5.41, 5.74) is -0.0285. The van der Waals surface area contributed by atoms with E-state index in [-0.39, 0.29) is 28.7 Å².